The number of fused-ring (bicyclic) bond motifs is 5. The van der Waals surface area contributed by atoms with Gasteiger partial charge in [-0.15, -0.1) is 0 Å². The number of aliphatic hydroxyl groups is 2. The fraction of sp³-hybridized carbons (Fsp3) is 0.818. The number of carbonyl (C=O) groups excluding carboxylic acids is 2. The first-order valence-corrected chi connectivity index (χ1v) is 10.3. The topological polar surface area (TPSA) is 74.6 Å². The van der Waals surface area contributed by atoms with E-state index in [0.29, 0.717) is 19.3 Å². The molecule has 0 aromatic rings. The molecule has 0 aliphatic heterocycles. The van der Waals surface area contributed by atoms with Gasteiger partial charge in [0.05, 0.1) is 6.10 Å². The van der Waals surface area contributed by atoms with Crippen LogP contribution in [-0.2, 0) is 9.59 Å². The Kier molecular flexibility index (Phi) is 4.12. The van der Waals surface area contributed by atoms with Gasteiger partial charge in [0.15, 0.2) is 5.78 Å². The number of hydrogen-bond donors (Lipinski definition) is 2. The van der Waals surface area contributed by atoms with E-state index in [2.05, 4.69) is 0 Å². The third kappa shape index (κ3) is 2.22. The molecule has 8 atom stereocenters. The average molecular weight is 396 g/mol. The number of hydrogen-bond acceptors (Lipinski definition) is 4. The summed E-state index contributed by atoms with van der Waals surface area (Å²) in [4.78, 5) is 24.3. The number of halogens is 2. The zero-order valence-electron chi connectivity index (χ0n) is 17.0. The zero-order chi connectivity index (χ0) is 20.9. The van der Waals surface area contributed by atoms with Crippen LogP contribution in [0, 0.1) is 34.5 Å². The Bertz CT molecular complexity index is 776. The molecule has 4 rings (SSSR count). The molecule has 0 bridgehead atoms. The normalized spacial score (nSPS) is 52.4. The molecule has 3 fully saturated rings. The van der Waals surface area contributed by atoms with Gasteiger partial charge in [-0.25, -0.2) is 0 Å². The van der Waals surface area contributed by atoms with Crippen molar-refractivity contribution in [3.05, 3.63) is 11.6 Å². The van der Waals surface area contributed by atoms with Crippen molar-refractivity contribution < 1.29 is 28.6 Å². The summed E-state index contributed by atoms with van der Waals surface area (Å²) in [6.07, 6.45) is 1.73. The lowest BCUT2D eigenvalue weighted by molar-refractivity contribution is -0.190. The second-order valence-electron chi connectivity index (χ2n) is 10.3. The molecule has 4 nitrogen and oxygen atoms in total. The van der Waals surface area contributed by atoms with Gasteiger partial charge in [0.2, 0.25) is 5.78 Å². The smallest absolute Gasteiger partial charge is 0.309 e. The number of alkyl halides is 2. The Morgan fingerprint density at radius 1 is 1.29 bits per heavy atom. The Labute approximate surface area is 164 Å². The molecular formula is C22H30F2O4. The molecule has 28 heavy (non-hydrogen) atoms. The molecule has 156 valence electrons. The molecular weight excluding hydrogens is 366 g/mol. The summed E-state index contributed by atoms with van der Waals surface area (Å²) in [6.45, 7) is 6.92. The van der Waals surface area contributed by atoms with Crippen molar-refractivity contribution in [3.63, 3.8) is 0 Å². The minimum Gasteiger partial charge on any atom is -0.393 e. The first-order valence-electron chi connectivity index (χ1n) is 10.3. The number of aliphatic hydroxyl groups excluding tert-OH is 1. The Hall–Kier alpha value is -1.14. The summed E-state index contributed by atoms with van der Waals surface area (Å²) >= 11 is 0. The van der Waals surface area contributed by atoms with E-state index in [9.17, 15) is 28.6 Å². The van der Waals surface area contributed by atoms with Crippen molar-refractivity contribution in [2.24, 2.45) is 34.5 Å². The highest BCUT2D eigenvalue weighted by Gasteiger charge is 2.70. The quantitative estimate of drug-likeness (QED) is 0.713. The molecule has 0 heterocycles. The lowest BCUT2D eigenvalue weighted by Crippen LogP contribution is -2.63. The van der Waals surface area contributed by atoms with Crippen molar-refractivity contribution in [3.8, 4) is 0 Å². The van der Waals surface area contributed by atoms with Gasteiger partial charge in [-0.2, -0.15) is 8.78 Å². The van der Waals surface area contributed by atoms with Crippen molar-refractivity contribution in [1.82, 2.24) is 0 Å². The molecule has 0 amide bonds. The molecule has 0 radical (unpaired) electrons. The fourth-order valence-corrected chi connectivity index (χ4v) is 7.84. The van der Waals surface area contributed by atoms with E-state index in [1.165, 1.54) is 6.92 Å². The van der Waals surface area contributed by atoms with Crippen LogP contribution in [0.1, 0.15) is 59.8 Å². The molecule has 0 aromatic heterocycles. The first kappa shape index (κ1) is 20.1. The molecule has 0 unspecified atom stereocenters. The summed E-state index contributed by atoms with van der Waals surface area (Å²) in [6, 6.07) is 0. The predicted molar refractivity (Wildman–Crippen MR) is 98.6 cm³/mol. The van der Waals surface area contributed by atoms with Gasteiger partial charge in [0, 0.05) is 17.3 Å². The number of Topliss-reactive ketones (excluding diaryl/α,β-unsaturated/α-hetero) is 1. The number of carbonyl (C=O) groups is 2. The largest absolute Gasteiger partial charge is 0.393 e. The molecule has 0 spiro atoms. The van der Waals surface area contributed by atoms with E-state index in [0.717, 1.165) is 11.6 Å². The van der Waals surface area contributed by atoms with Crippen molar-refractivity contribution in [2.75, 3.05) is 0 Å². The number of rotatable bonds is 1. The molecule has 6 heteroatoms. The van der Waals surface area contributed by atoms with Crippen LogP contribution in [0.4, 0.5) is 8.78 Å². The summed E-state index contributed by atoms with van der Waals surface area (Å²) in [5.41, 5.74) is -2.50. The molecule has 4 aliphatic rings. The second kappa shape index (κ2) is 5.72. The Balaban J connectivity index is 1.79. The molecule has 0 aromatic carbocycles. The summed E-state index contributed by atoms with van der Waals surface area (Å²) in [5, 5.41) is 22.6. The van der Waals surface area contributed by atoms with E-state index in [1.54, 1.807) is 6.92 Å². The predicted octanol–water partition coefficient (Wildman–Crippen LogP) is 3.30. The van der Waals surface area contributed by atoms with E-state index in [4.69, 9.17) is 0 Å². The average Bonchev–Trinajstić information content (AvgIpc) is 2.77. The Morgan fingerprint density at radius 3 is 2.54 bits per heavy atom. The minimum atomic E-state index is -3.41. The van der Waals surface area contributed by atoms with Crippen molar-refractivity contribution >= 4 is 11.6 Å². The number of allylic oxidation sites excluding steroid dienone is 1. The maximum atomic E-state index is 14.4. The summed E-state index contributed by atoms with van der Waals surface area (Å²) in [7, 11) is 0. The van der Waals surface area contributed by atoms with Gasteiger partial charge < -0.3 is 10.2 Å². The zero-order valence-corrected chi connectivity index (χ0v) is 17.0. The van der Waals surface area contributed by atoms with Crippen LogP contribution in [0.15, 0.2) is 11.6 Å². The highest BCUT2D eigenvalue weighted by Crippen LogP contribution is 2.69. The Morgan fingerprint density at radius 2 is 1.93 bits per heavy atom. The van der Waals surface area contributed by atoms with Crippen LogP contribution >= 0.6 is 0 Å². The van der Waals surface area contributed by atoms with E-state index in [1.807, 2.05) is 13.8 Å². The highest BCUT2D eigenvalue weighted by molar-refractivity contribution is 5.97. The lowest BCUT2D eigenvalue weighted by atomic mass is 9.45. The minimum absolute atomic E-state index is 0.0191. The SMILES string of the molecule is CC(=O)[C@@]1(O)[C@H](C)C[C@H]2[C@@H]3CCC4=CC(=O)C(F)(F)C[C@]4(C)[C@H]3[C@@H](O)C[C@@]21C. The standard InChI is InChI=1S/C22H30F2O4/c1-11-7-15-14-6-5-13-8-17(27)21(23,24)10-19(13,3)18(14)16(26)9-20(15,4)22(11,28)12(2)25/h8,11,14-16,18,26,28H,5-7,9-10H2,1-4H3/t11-,14+,15+,16+,18-,19+,20+,22+/m1/s1. The highest BCUT2D eigenvalue weighted by atomic mass is 19.3. The number of ketones is 2. The lowest BCUT2D eigenvalue weighted by Gasteiger charge is -2.60. The van der Waals surface area contributed by atoms with E-state index < -0.39 is 46.6 Å². The van der Waals surface area contributed by atoms with E-state index >= 15 is 0 Å². The molecule has 0 saturated heterocycles. The van der Waals surface area contributed by atoms with Crippen LogP contribution in [-0.4, -0.2) is 39.4 Å². The van der Waals surface area contributed by atoms with Gasteiger partial charge in [-0.3, -0.25) is 9.59 Å². The maximum absolute atomic E-state index is 14.4. The van der Waals surface area contributed by atoms with Crippen LogP contribution in [0.3, 0.4) is 0 Å². The van der Waals surface area contributed by atoms with Gasteiger partial charge >= 0.3 is 5.92 Å². The fourth-order valence-electron chi connectivity index (χ4n) is 7.84. The third-order valence-electron chi connectivity index (χ3n) is 9.04. The summed E-state index contributed by atoms with van der Waals surface area (Å²) in [5.74, 6) is -5.55. The van der Waals surface area contributed by atoms with Gasteiger partial charge in [-0.05, 0) is 62.4 Å². The van der Waals surface area contributed by atoms with E-state index in [-0.39, 0.29) is 30.0 Å². The second-order valence-corrected chi connectivity index (χ2v) is 10.3. The monoisotopic (exact) mass is 396 g/mol. The van der Waals surface area contributed by atoms with Crippen LogP contribution < -0.4 is 0 Å². The third-order valence-corrected chi connectivity index (χ3v) is 9.04. The molecule has 4 aliphatic carbocycles. The van der Waals surface area contributed by atoms with Crippen molar-refractivity contribution in [2.45, 2.75) is 77.4 Å². The molecule has 3 saturated carbocycles. The first-order chi connectivity index (χ1) is 12.8. The summed E-state index contributed by atoms with van der Waals surface area (Å²) < 4.78 is 28.7. The van der Waals surface area contributed by atoms with Crippen LogP contribution in [0.5, 0.6) is 0 Å². The maximum Gasteiger partial charge on any atom is 0.309 e. The molecule has 2 N–H and O–H groups in total. The van der Waals surface area contributed by atoms with Gasteiger partial charge in [-0.1, -0.05) is 26.3 Å². The van der Waals surface area contributed by atoms with Crippen LogP contribution in [0.2, 0.25) is 0 Å². The van der Waals surface area contributed by atoms with Crippen LogP contribution in [0.25, 0.3) is 0 Å². The van der Waals surface area contributed by atoms with Gasteiger partial charge in [0.25, 0.3) is 0 Å². The van der Waals surface area contributed by atoms with Gasteiger partial charge in [0.1, 0.15) is 5.60 Å². The van der Waals surface area contributed by atoms with Crippen molar-refractivity contribution in [1.29, 1.82) is 0 Å².